The van der Waals surface area contributed by atoms with E-state index in [1.54, 1.807) is 0 Å². The Morgan fingerprint density at radius 3 is 2.58 bits per heavy atom. The van der Waals surface area contributed by atoms with Crippen molar-refractivity contribution >= 4 is 50.9 Å². The maximum Gasteiger partial charge on any atom is 0.270 e. The predicted molar refractivity (Wildman–Crippen MR) is 130 cm³/mol. The van der Waals surface area contributed by atoms with Gasteiger partial charge in [-0.2, -0.15) is 5.10 Å². The number of halogens is 2. The standard InChI is InChI=1S/C22H23BrClN7O2/c23-18-19(29-30-20(18)28-21(32)16-4-9-26-13-17(16)24)22(33)27-10-1-14-5-11-31(12-6-14)15-2-7-25-8-3-15/h2-4,7-9,13-14H,1,5-6,10-12H2,(H,27,33)(H2,28,29,30,32). The van der Waals surface area contributed by atoms with E-state index in [0.717, 1.165) is 32.4 Å². The van der Waals surface area contributed by atoms with Crippen LogP contribution in [0.3, 0.4) is 0 Å². The van der Waals surface area contributed by atoms with Gasteiger partial charge >= 0.3 is 0 Å². The van der Waals surface area contributed by atoms with Crippen molar-refractivity contribution < 1.29 is 9.59 Å². The lowest BCUT2D eigenvalue weighted by Gasteiger charge is -2.33. The zero-order chi connectivity index (χ0) is 23.2. The first kappa shape index (κ1) is 23.2. The van der Waals surface area contributed by atoms with Gasteiger partial charge < -0.3 is 15.5 Å². The third-order valence-corrected chi connectivity index (χ3v) is 6.74. The highest BCUT2D eigenvalue weighted by atomic mass is 79.9. The molecule has 172 valence electrons. The lowest BCUT2D eigenvalue weighted by atomic mass is 9.93. The predicted octanol–water partition coefficient (Wildman–Crippen LogP) is 3.90. The molecule has 3 N–H and O–H groups in total. The Morgan fingerprint density at radius 1 is 1.12 bits per heavy atom. The Morgan fingerprint density at radius 2 is 1.85 bits per heavy atom. The molecule has 3 aromatic heterocycles. The number of aromatic nitrogens is 4. The Balaban J connectivity index is 1.25. The van der Waals surface area contributed by atoms with Crippen molar-refractivity contribution in [3.05, 3.63) is 63.7 Å². The first-order valence-electron chi connectivity index (χ1n) is 10.6. The number of carbonyl (C=O) groups is 2. The number of anilines is 2. The number of nitrogens with zero attached hydrogens (tertiary/aromatic N) is 4. The van der Waals surface area contributed by atoms with Gasteiger partial charge in [-0.05, 0) is 59.3 Å². The number of H-pyrrole nitrogens is 1. The summed E-state index contributed by atoms with van der Waals surface area (Å²) >= 11 is 9.35. The van der Waals surface area contributed by atoms with Gasteiger partial charge in [0.15, 0.2) is 5.82 Å². The van der Waals surface area contributed by atoms with Gasteiger partial charge in [0.25, 0.3) is 11.8 Å². The van der Waals surface area contributed by atoms with E-state index in [2.05, 4.69) is 51.6 Å². The maximum atomic E-state index is 12.6. The molecule has 0 spiro atoms. The maximum absolute atomic E-state index is 12.6. The van der Waals surface area contributed by atoms with Crippen LogP contribution in [0.2, 0.25) is 5.02 Å². The van der Waals surface area contributed by atoms with Crippen LogP contribution in [0.1, 0.15) is 40.1 Å². The molecule has 0 bridgehead atoms. The molecule has 0 radical (unpaired) electrons. The van der Waals surface area contributed by atoms with E-state index < -0.39 is 5.91 Å². The topological polar surface area (TPSA) is 116 Å². The summed E-state index contributed by atoms with van der Waals surface area (Å²) in [5.41, 5.74) is 1.72. The minimum Gasteiger partial charge on any atom is -0.371 e. The quantitative estimate of drug-likeness (QED) is 0.425. The van der Waals surface area contributed by atoms with Crippen LogP contribution in [0.4, 0.5) is 11.5 Å². The molecule has 1 fully saturated rings. The highest BCUT2D eigenvalue weighted by Crippen LogP contribution is 2.26. The summed E-state index contributed by atoms with van der Waals surface area (Å²) < 4.78 is 0.379. The summed E-state index contributed by atoms with van der Waals surface area (Å²) in [5, 5.41) is 12.5. The molecule has 4 rings (SSSR count). The van der Waals surface area contributed by atoms with Crippen molar-refractivity contribution in [3.8, 4) is 0 Å². The summed E-state index contributed by atoms with van der Waals surface area (Å²) in [6, 6.07) is 5.57. The molecule has 1 saturated heterocycles. The van der Waals surface area contributed by atoms with E-state index >= 15 is 0 Å². The molecule has 1 aliphatic rings. The molecule has 9 nitrogen and oxygen atoms in total. The van der Waals surface area contributed by atoms with Crippen LogP contribution in [-0.4, -0.2) is 51.6 Å². The largest absolute Gasteiger partial charge is 0.371 e. The Hall–Kier alpha value is -2.98. The Kier molecular flexibility index (Phi) is 7.56. The summed E-state index contributed by atoms with van der Waals surface area (Å²) in [5.74, 6) is 0.0424. The van der Waals surface area contributed by atoms with Crippen LogP contribution in [0, 0.1) is 5.92 Å². The number of rotatable bonds is 7. The molecule has 0 saturated carbocycles. The second kappa shape index (κ2) is 10.8. The number of hydrogen-bond acceptors (Lipinski definition) is 6. The molecule has 0 aromatic carbocycles. The SMILES string of the molecule is O=C(Nc1n[nH]c(C(=O)NCCC2CCN(c3ccncc3)CC2)c1Br)c1ccncc1Cl. The van der Waals surface area contributed by atoms with E-state index in [0.29, 0.717) is 16.9 Å². The molecular weight excluding hydrogens is 510 g/mol. The van der Waals surface area contributed by atoms with Crippen molar-refractivity contribution in [2.24, 2.45) is 5.92 Å². The lowest BCUT2D eigenvalue weighted by molar-refractivity contribution is 0.0944. The second-order valence-electron chi connectivity index (χ2n) is 7.75. The van der Waals surface area contributed by atoms with Crippen LogP contribution in [0.5, 0.6) is 0 Å². The number of nitrogens with one attached hydrogen (secondary N) is 3. The van der Waals surface area contributed by atoms with Crippen molar-refractivity contribution in [1.82, 2.24) is 25.5 Å². The van der Waals surface area contributed by atoms with Crippen molar-refractivity contribution in [2.75, 3.05) is 29.9 Å². The van der Waals surface area contributed by atoms with Gasteiger partial charge in [0.2, 0.25) is 0 Å². The highest BCUT2D eigenvalue weighted by Gasteiger charge is 2.22. The van der Waals surface area contributed by atoms with Crippen molar-refractivity contribution in [3.63, 3.8) is 0 Å². The molecule has 1 aliphatic heterocycles. The minimum absolute atomic E-state index is 0.210. The van der Waals surface area contributed by atoms with Crippen LogP contribution in [-0.2, 0) is 0 Å². The van der Waals surface area contributed by atoms with Gasteiger partial charge in [0.05, 0.1) is 15.1 Å². The van der Waals surface area contributed by atoms with Crippen LogP contribution in [0.25, 0.3) is 0 Å². The fourth-order valence-corrected chi connectivity index (χ4v) is 4.47. The normalized spacial score (nSPS) is 14.2. The summed E-state index contributed by atoms with van der Waals surface area (Å²) in [4.78, 5) is 35.3. The van der Waals surface area contributed by atoms with E-state index in [1.807, 2.05) is 24.5 Å². The zero-order valence-electron chi connectivity index (χ0n) is 17.7. The fourth-order valence-electron chi connectivity index (χ4n) is 3.81. The second-order valence-corrected chi connectivity index (χ2v) is 8.95. The van der Waals surface area contributed by atoms with Gasteiger partial charge in [-0.3, -0.25) is 24.7 Å². The van der Waals surface area contributed by atoms with Gasteiger partial charge in [-0.15, -0.1) is 0 Å². The van der Waals surface area contributed by atoms with E-state index in [-0.39, 0.29) is 28.0 Å². The number of aromatic amines is 1. The number of hydrogen-bond donors (Lipinski definition) is 3. The third kappa shape index (κ3) is 5.69. The van der Waals surface area contributed by atoms with Crippen LogP contribution in [0.15, 0.2) is 47.5 Å². The van der Waals surface area contributed by atoms with Gasteiger partial charge in [0.1, 0.15) is 5.69 Å². The molecular formula is C22H23BrClN7O2. The number of piperidine rings is 1. The van der Waals surface area contributed by atoms with Crippen LogP contribution < -0.4 is 15.5 Å². The smallest absolute Gasteiger partial charge is 0.270 e. The average molecular weight is 533 g/mol. The van der Waals surface area contributed by atoms with Gasteiger partial charge in [0, 0.05) is 50.1 Å². The average Bonchev–Trinajstić information content (AvgIpc) is 3.20. The molecule has 11 heteroatoms. The van der Waals surface area contributed by atoms with Crippen molar-refractivity contribution in [1.29, 1.82) is 0 Å². The van der Waals surface area contributed by atoms with Crippen LogP contribution >= 0.6 is 27.5 Å². The summed E-state index contributed by atoms with van der Waals surface area (Å²) in [6.07, 6.45) is 9.57. The minimum atomic E-state index is -0.445. The Bertz CT molecular complexity index is 1120. The molecule has 0 atom stereocenters. The van der Waals surface area contributed by atoms with Gasteiger partial charge in [-0.1, -0.05) is 11.6 Å². The number of carbonyl (C=O) groups excluding carboxylic acids is 2. The Labute approximate surface area is 204 Å². The first-order valence-corrected chi connectivity index (χ1v) is 11.8. The lowest BCUT2D eigenvalue weighted by Crippen LogP contribution is -2.35. The van der Waals surface area contributed by atoms with Gasteiger partial charge in [-0.25, -0.2) is 0 Å². The monoisotopic (exact) mass is 531 g/mol. The molecule has 3 aromatic rings. The zero-order valence-corrected chi connectivity index (χ0v) is 20.1. The van der Waals surface area contributed by atoms with E-state index in [4.69, 9.17) is 11.6 Å². The highest BCUT2D eigenvalue weighted by molar-refractivity contribution is 9.10. The van der Waals surface area contributed by atoms with E-state index in [1.165, 1.54) is 24.1 Å². The summed E-state index contributed by atoms with van der Waals surface area (Å²) in [7, 11) is 0. The summed E-state index contributed by atoms with van der Waals surface area (Å²) in [6.45, 7) is 2.57. The molecule has 0 unspecified atom stereocenters. The molecule has 2 amide bonds. The molecule has 0 aliphatic carbocycles. The van der Waals surface area contributed by atoms with E-state index in [9.17, 15) is 9.59 Å². The molecule has 4 heterocycles. The number of amides is 2. The fraction of sp³-hybridized carbons (Fsp3) is 0.318. The molecule has 33 heavy (non-hydrogen) atoms. The third-order valence-electron chi connectivity index (χ3n) is 5.66. The number of pyridine rings is 2. The van der Waals surface area contributed by atoms with Crippen molar-refractivity contribution in [2.45, 2.75) is 19.3 Å². The first-order chi connectivity index (χ1) is 16.0.